The number of carbonyl (C=O) groups is 1. The summed E-state index contributed by atoms with van der Waals surface area (Å²) < 4.78 is 5.74. The molecule has 2 aliphatic rings. The molecule has 0 saturated carbocycles. The molecule has 3 rings (SSSR count). The molecule has 2 fully saturated rings. The van der Waals surface area contributed by atoms with E-state index in [1.54, 1.807) is 0 Å². The van der Waals surface area contributed by atoms with Gasteiger partial charge in [-0.3, -0.25) is 4.79 Å². The Bertz CT molecular complexity index is 612. The molecule has 2 saturated heterocycles. The first-order chi connectivity index (χ1) is 11.8. The van der Waals surface area contributed by atoms with Crippen molar-refractivity contribution in [2.75, 3.05) is 24.6 Å². The molecule has 0 aliphatic carbocycles. The van der Waals surface area contributed by atoms with Crippen LogP contribution in [-0.2, 0) is 9.53 Å². The standard InChI is InChI=1S/C19H30N4O2/c1-13-10-14(2)21-18(20-13)23-8-5-6-15(12-23)17(24)22-16-7-9-25-19(3,4)11-16/h10,15-16H,5-9,11-12H2,1-4H3,(H,22,24)/t15-,16-/m0/s1. The largest absolute Gasteiger partial charge is 0.375 e. The number of hydrogen-bond acceptors (Lipinski definition) is 5. The van der Waals surface area contributed by atoms with Gasteiger partial charge in [-0.25, -0.2) is 9.97 Å². The summed E-state index contributed by atoms with van der Waals surface area (Å²) in [7, 11) is 0. The summed E-state index contributed by atoms with van der Waals surface area (Å²) in [6.45, 7) is 10.5. The molecular weight excluding hydrogens is 316 g/mol. The number of aryl methyl sites for hydroxylation is 2. The Balaban J connectivity index is 1.61. The zero-order valence-electron chi connectivity index (χ0n) is 15.8. The molecular formula is C19H30N4O2. The lowest BCUT2D eigenvalue weighted by Crippen LogP contribution is -2.50. The molecule has 0 bridgehead atoms. The van der Waals surface area contributed by atoms with Crippen LogP contribution < -0.4 is 10.2 Å². The van der Waals surface area contributed by atoms with Gasteiger partial charge >= 0.3 is 0 Å². The Morgan fingerprint density at radius 3 is 2.68 bits per heavy atom. The van der Waals surface area contributed by atoms with Gasteiger partial charge in [0.05, 0.1) is 11.5 Å². The Hall–Kier alpha value is -1.69. The molecule has 2 atom stereocenters. The van der Waals surface area contributed by atoms with Crippen LogP contribution >= 0.6 is 0 Å². The second-order valence-corrected chi connectivity index (χ2v) is 8.04. The average Bonchev–Trinajstić information content (AvgIpc) is 2.53. The molecule has 1 aromatic heterocycles. The van der Waals surface area contributed by atoms with E-state index in [0.717, 1.165) is 49.6 Å². The number of aromatic nitrogens is 2. The van der Waals surface area contributed by atoms with Gasteiger partial charge in [-0.15, -0.1) is 0 Å². The predicted molar refractivity (Wildman–Crippen MR) is 97.6 cm³/mol. The summed E-state index contributed by atoms with van der Waals surface area (Å²) in [6, 6.07) is 2.19. The molecule has 6 heteroatoms. The maximum atomic E-state index is 12.8. The highest BCUT2D eigenvalue weighted by Gasteiger charge is 2.33. The lowest BCUT2D eigenvalue weighted by Gasteiger charge is -2.37. The van der Waals surface area contributed by atoms with Crippen molar-refractivity contribution in [2.24, 2.45) is 5.92 Å². The van der Waals surface area contributed by atoms with E-state index in [2.05, 4.69) is 34.0 Å². The van der Waals surface area contributed by atoms with Gasteiger partial charge in [0.15, 0.2) is 0 Å². The molecule has 1 amide bonds. The van der Waals surface area contributed by atoms with Crippen molar-refractivity contribution in [3.8, 4) is 0 Å². The van der Waals surface area contributed by atoms with Crippen LogP contribution in [0.15, 0.2) is 6.07 Å². The van der Waals surface area contributed by atoms with E-state index in [4.69, 9.17) is 4.74 Å². The normalized spacial score (nSPS) is 26.3. The minimum Gasteiger partial charge on any atom is -0.375 e. The third-order valence-corrected chi connectivity index (χ3v) is 5.09. The van der Waals surface area contributed by atoms with E-state index in [1.807, 2.05) is 19.9 Å². The number of carbonyl (C=O) groups excluding carboxylic acids is 1. The monoisotopic (exact) mass is 346 g/mol. The second kappa shape index (κ2) is 7.28. The van der Waals surface area contributed by atoms with E-state index in [0.29, 0.717) is 13.2 Å². The summed E-state index contributed by atoms with van der Waals surface area (Å²) >= 11 is 0. The number of amides is 1. The molecule has 138 valence electrons. The Labute approximate surface area is 150 Å². The van der Waals surface area contributed by atoms with Gasteiger partial charge in [0.1, 0.15) is 0 Å². The van der Waals surface area contributed by atoms with Crippen LogP contribution in [0, 0.1) is 19.8 Å². The lowest BCUT2D eigenvalue weighted by atomic mass is 9.92. The van der Waals surface area contributed by atoms with Crippen molar-refractivity contribution < 1.29 is 9.53 Å². The van der Waals surface area contributed by atoms with Crippen LogP contribution in [0.1, 0.15) is 50.9 Å². The summed E-state index contributed by atoms with van der Waals surface area (Å²) in [5, 5.41) is 3.25. The summed E-state index contributed by atoms with van der Waals surface area (Å²) in [5.74, 6) is 0.920. The average molecular weight is 346 g/mol. The van der Waals surface area contributed by atoms with Gasteiger partial charge in [-0.2, -0.15) is 0 Å². The SMILES string of the molecule is Cc1cc(C)nc(N2CCC[C@H](C(=O)N[C@H]3CCOC(C)(C)C3)C2)n1. The van der Waals surface area contributed by atoms with Crippen molar-refractivity contribution in [1.82, 2.24) is 15.3 Å². The highest BCUT2D eigenvalue weighted by atomic mass is 16.5. The second-order valence-electron chi connectivity index (χ2n) is 8.04. The molecule has 2 aliphatic heterocycles. The van der Waals surface area contributed by atoms with Crippen LogP contribution in [0.25, 0.3) is 0 Å². The maximum Gasteiger partial charge on any atom is 0.225 e. The molecule has 6 nitrogen and oxygen atoms in total. The predicted octanol–water partition coefficient (Wildman–Crippen LogP) is 2.38. The van der Waals surface area contributed by atoms with E-state index in [9.17, 15) is 4.79 Å². The third kappa shape index (κ3) is 4.69. The smallest absolute Gasteiger partial charge is 0.225 e. The number of nitrogens with zero attached hydrogens (tertiary/aromatic N) is 3. The molecule has 0 radical (unpaired) electrons. The molecule has 3 heterocycles. The molecule has 1 N–H and O–H groups in total. The van der Waals surface area contributed by atoms with Crippen molar-refractivity contribution in [3.05, 3.63) is 17.5 Å². The first kappa shape index (κ1) is 18.1. The number of nitrogens with one attached hydrogen (secondary N) is 1. The maximum absolute atomic E-state index is 12.8. The molecule has 0 unspecified atom stereocenters. The number of hydrogen-bond donors (Lipinski definition) is 1. The third-order valence-electron chi connectivity index (χ3n) is 5.09. The molecule has 1 aromatic rings. The number of piperidine rings is 1. The molecule has 0 spiro atoms. The van der Waals surface area contributed by atoms with Crippen molar-refractivity contribution in [1.29, 1.82) is 0 Å². The fourth-order valence-electron chi connectivity index (χ4n) is 3.90. The quantitative estimate of drug-likeness (QED) is 0.910. The van der Waals surface area contributed by atoms with Gasteiger partial charge in [0.2, 0.25) is 11.9 Å². The lowest BCUT2D eigenvalue weighted by molar-refractivity contribution is -0.128. The van der Waals surface area contributed by atoms with E-state index < -0.39 is 0 Å². The first-order valence-corrected chi connectivity index (χ1v) is 9.34. The van der Waals surface area contributed by atoms with Crippen molar-refractivity contribution in [3.63, 3.8) is 0 Å². The topological polar surface area (TPSA) is 67.4 Å². The van der Waals surface area contributed by atoms with Gasteiger partial charge < -0.3 is 15.0 Å². The number of rotatable bonds is 3. The van der Waals surface area contributed by atoms with Crippen LogP contribution in [0.2, 0.25) is 0 Å². The van der Waals surface area contributed by atoms with Gasteiger partial charge in [0.25, 0.3) is 0 Å². The summed E-state index contributed by atoms with van der Waals surface area (Å²) in [5.41, 5.74) is 1.79. The minimum atomic E-state index is -0.151. The Kier molecular flexibility index (Phi) is 5.27. The number of anilines is 1. The van der Waals surface area contributed by atoms with E-state index in [-0.39, 0.29) is 23.5 Å². The highest BCUT2D eigenvalue weighted by molar-refractivity contribution is 5.79. The fraction of sp³-hybridized carbons (Fsp3) is 0.737. The zero-order valence-corrected chi connectivity index (χ0v) is 15.8. The molecule has 25 heavy (non-hydrogen) atoms. The van der Waals surface area contributed by atoms with Crippen molar-refractivity contribution >= 4 is 11.9 Å². The van der Waals surface area contributed by atoms with E-state index in [1.165, 1.54) is 0 Å². The zero-order chi connectivity index (χ0) is 18.0. The minimum absolute atomic E-state index is 0.00382. The summed E-state index contributed by atoms with van der Waals surface area (Å²) in [4.78, 5) is 24.0. The van der Waals surface area contributed by atoms with Crippen LogP contribution in [0.4, 0.5) is 5.95 Å². The van der Waals surface area contributed by atoms with Crippen molar-refractivity contribution in [2.45, 2.75) is 65.0 Å². The van der Waals surface area contributed by atoms with Crippen LogP contribution in [0.5, 0.6) is 0 Å². The van der Waals surface area contributed by atoms with Gasteiger partial charge in [-0.05, 0) is 59.4 Å². The van der Waals surface area contributed by atoms with Crippen LogP contribution in [-0.4, -0.2) is 47.2 Å². The van der Waals surface area contributed by atoms with Gasteiger partial charge in [-0.1, -0.05) is 0 Å². The first-order valence-electron chi connectivity index (χ1n) is 9.34. The Morgan fingerprint density at radius 1 is 1.28 bits per heavy atom. The molecule has 0 aromatic carbocycles. The Morgan fingerprint density at radius 2 is 2.00 bits per heavy atom. The van der Waals surface area contributed by atoms with Gasteiger partial charge in [0, 0.05) is 37.1 Å². The fourth-order valence-corrected chi connectivity index (χ4v) is 3.90. The van der Waals surface area contributed by atoms with E-state index >= 15 is 0 Å². The summed E-state index contributed by atoms with van der Waals surface area (Å²) in [6.07, 6.45) is 3.69. The highest BCUT2D eigenvalue weighted by Crippen LogP contribution is 2.25. The van der Waals surface area contributed by atoms with Crippen LogP contribution in [0.3, 0.4) is 0 Å². The number of ether oxygens (including phenoxy) is 1.